The summed E-state index contributed by atoms with van der Waals surface area (Å²) in [5, 5.41) is 51.7. The monoisotopic (exact) mass is 1410 g/mol. The van der Waals surface area contributed by atoms with Crippen LogP contribution in [0, 0.1) is 17.8 Å². The van der Waals surface area contributed by atoms with Gasteiger partial charge in [0.15, 0.2) is 22.8 Å². The van der Waals surface area contributed by atoms with Crippen molar-refractivity contribution >= 4 is 57.1 Å². The van der Waals surface area contributed by atoms with Gasteiger partial charge in [-0.25, -0.2) is 4.79 Å². The Morgan fingerprint density at radius 2 is 1.49 bits per heavy atom. The van der Waals surface area contributed by atoms with Crippen molar-refractivity contribution in [2.45, 2.75) is 208 Å². The van der Waals surface area contributed by atoms with Gasteiger partial charge in [0.25, 0.3) is 0 Å². The molecule has 0 amide bonds. The second kappa shape index (κ2) is 32.6. The Hall–Kier alpha value is -4.71. The van der Waals surface area contributed by atoms with E-state index in [0.717, 1.165) is 29.5 Å². The molecule has 1 aliphatic carbocycles. The van der Waals surface area contributed by atoms with E-state index in [9.17, 15) is 39.6 Å². The minimum atomic E-state index is -1.90. The number of nitrogens with one attached hydrogen (secondary N) is 1. The number of benzene rings is 3. The third-order valence-corrected chi connectivity index (χ3v) is 20.7. The fourth-order valence-corrected chi connectivity index (χ4v) is 14.2. The van der Waals surface area contributed by atoms with Gasteiger partial charge in [-0.05, 0) is 153 Å². The molecule has 0 bridgehead atoms. The number of anilines is 1. The number of carbonyl (C=O) groups excluding carboxylic acids is 3. The lowest BCUT2D eigenvalue weighted by Gasteiger charge is -2.49. The number of nitrogens with zero attached hydrogens (tertiary/aromatic N) is 4. The number of hydrogen-bond donors (Lipinski definition) is 5. The maximum atomic E-state index is 14.5. The highest BCUT2D eigenvalue weighted by atomic mass is 127. The van der Waals surface area contributed by atoms with E-state index < -0.39 is 111 Å². The molecular weight excluding hydrogens is 1310 g/mol. The number of carbonyl (C=O) groups is 3. The molecule has 4 aliphatic rings. The van der Waals surface area contributed by atoms with Crippen LogP contribution < -0.4 is 10.7 Å². The SMILES string of the molecule is CO[C@]1(C)C[C@H](O[C@H]2[C@H](C)[C@@H](O[C@@H]3O[C@H](C)C[C@H](N(C)C)[C@H]3O)[C@](C)(O)C[C@@H](C)CN(C)[C@H](C)[C@@H](O)[C@](C)(O)[C@@H](I)OC(=O)[C@@H]2C)O[C@@H](C)[C@@H]1OC(=O)CCOCCNc1ccc2c(c1)c(=O)c(C(=O)OCCN(Cc1ccccc1)Cc1ccccc1)cn2C1CC1. The van der Waals surface area contributed by atoms with Crippen molar-refractivity contribution in [3.05, 3.63) is 112 Å². The highest BCUT2D eigenvalue weighted by molar-refractivity contribution is 14.1. The van der Waals surface area contributed by atoms with E-state index in [0.29, 0.717) is 50.2 Å². The topological polar surface area (TPSA) is 259 Å². The summed E-state index contributed by atoms with van der Waals surface area (Å²) in [5.74, 6) is -4.18. The molecule has 22 nitrogen and oxygen atoms in total. The van der Waals surface area contributed by atoms with E-state index in [1.165, 1.54) is 14.0 Å². The highest BCUT2D eigenvalue weighted by Crippen LogP contribution is 2.42. The minimum absolute atomic E-state index is 0.0158. The zero-order chi connectivity index (χ0) is 67.7. The number of methoxy groups -OCH3 is 1. The van der Waals surface area contributed by atoms with Gasteiger partial charge in [-0.1, -0.05) is 74.5 Å². The van der Waals surface area contributed by atoms with Crippen molar-refractivity contribution in [2.24, 2.45) is 17.8 Å². The lowest BCUT2D eigenvalue weighted by atomic mass is 9.77. The van der Waals surface area contributed by atoms with Gasteiger partial charge in [0.2, 0.25) is 5.43 Å². The van der Waals surface area contributed by atoms with Crippen LogP contribution in [0.3, 0.4) is 0 Å². The molecule has 5 N–H and O–H groups in total. The van der Waals surface area contributed by atoms with E-state index >= 15 is 0 Å². The van der Waals surface area contributed by atoms with Crippen molar-refractivity contribution < 1.29 is 77.4 Å². The van der Waals surface area contributed by atoms with Crippen molar-refractivity contribution in [1.82, 2.24) is 19.3 Å². The number of hydrogen-bond acceptors (Lipinski definition) is 21. The number of aromatic nitrogens is 1. The molecule has 93 heavy (non-hydrogen) atoms. The maximum absolute atomic E-state index is 14.5. The highest BCUT2D eigenvalue weighted by Gasteiger charge is 2.54. The number of aliphatic hydroxyl groups is 4. The third kappa shape index (κ3) is 18.9. The minimum Gasteiger partial charge on any atom is -0.461 e. The molecule has 4 aromatic rings. The Bertz CT molecular complexity index is 3100. The zero-order valence-electron chi connectivity index (χ0n) is 56.5. The van der Waals surface area contributed by atoms with E-state index in [1.54, 1.807) is 53.8 Å². The molecule has 23 heteroatoms. The summed E-state index contributed by atoms with van der Waals surface area (Å²) < 4.78 is 57.4. The van der Waals surface area contributed by atoms with Crippen molar-refractivity contribution in [1.29, 1.82) is 0 Å². The first kappa shape index (κ1) is 74.1. The molecule has 3 saturated heterocycles. The largest absolute Gasteiger partial charge is 0.461 e. The van der Waals surface area contributed by atoms with Crippen LogP contribution >= 0.6 is 22.6 Å². The van der Waals surface area contributed by atoms with Gasteiger partial charge in [0.05, 0.1) is 61.1 Å². The molecule has 3 aliphatic heterocycles. The van der Waals surface area contributed by atoms with Crippen molar-refractivity contribution in [3.8, 4) is 0 Å². The lowest BCUT2D eigenvalue weighted by molar-refractivity contribution is -0.318. The van der Waals surface area contributed by atoms with Crippen molar-refractivity contribution in [3.63, 3.8) is 0 Å². The standard InChI is InChI=1S/C70H102IN5O17/c1-42-36-68(7,83)62(92-66-59(79)55(73(10)11)34-43(2)88-66)44(3)60(45(4)64(81)93-67(71)70(9,84)61(80)46(5)74(12)38-42)91-57-37-69(8,85-13)63(47(6)89-57)90-56(77)28-31-86-32-29-72-50-24-27-54-52(35-50)58(78)53(41-76(54)51-25-26-51)65(82)87-33-30-75(39-48-20-16-14-17-21-48)40-49-22-18-15-19-23-49/h14-24,27,35,41-47,51,55,57,59-63,66-67,72,79-80,83-84H,25-26,28-34,36-40H2,1-13H3/t42-,43-,44+,45-,46-,47+,55+,57+,59-,60+,61-,62-,63+,66+,67+,68-,69-,70+/m1/s1. The van der Waals surface area contributed by atoms with Gasteiger partial charge in [-0.2, -0.15) is 0 Å². The van der Waals surface area contributed by atoms with E-state index in [-0.39, 0.29) is 68.8 Å². The normalized spacial score (nSPS) is 33.6. The number of cyclic esters (lactones) is 1. The second-order valence-electron chi connectivity index (χ2n) is 27.4. The molecule has 4 fully saturated rings. The van der Waals surface area contributed by atoms with Gasteiger partial charge in [0, 0.05) is 87.6 Å². The zero-order valence-corrected chi connectivity index (χ0v) is 58.6. The van der Waals surface area contributed by atoms with Gasteiger partial charge in [-0.3, -0.25) is 19.3 Å². The summed E-state index contributed by atoms with van der Waals surface area (Å²) in [6.07, 6.45) is -4.94. The van der Waals surface area contributed by atoms with Gasteiger partial charge < -0.3 is 82.7 Å². The molecule has 0 radical (unpaired) electrons. The summed E-state index contributed by atoms with van der Waals surface area (Å²) in [5.41, 5.74) is -1.50. The quantitative estimate of drug-likeness (QED) is 0.0159. The summed E-state index contributed by atoms with van der Waals surface area (Å²) in [4.78, 5) is 62.0. The average Bonchev–Trinajstić information content (AvgIpc) is 1.76. The van der Waals surface area contributed by atoms with Crippen LogP contribution in [0.25, 0.3) is 10.9 Å². The fourth-order valence-electron chi connectivity index (χ4n) is 13.6. The molecule has 3 aromatic carbocycles. The smallest absolute Gasteiger partial charge is 0.343 e. The maximum Gasteiger partial charge on any atom is 0.343 e. The average molecular weight is 1410 g/mol. The Morgan fingerprint density at radius 1 is 0.839 bits per heavy atom. The predicted molar refractivity (Wildman–Crippen MR) is 359 cm³/mol. The van der Waals surface area contributed by atoms with E-state index in [4.69, 9.17) is 42.6 Å². The fraction of sp³-hybridized carbons (Fsp3) is 0.657. The van der Waals surface area contributed by atoms with Crippen LogP contribution in [0.15, 0.2) is 89.9 Å². The Labute approximate surface area is 561 Å². The molecule has 0 unspecified atom stereocenters. The van der Waals surface area contributed by atoms with Gasteiger partial charge in [-0.15, -0.1) is 0 Å². The summed E-state index contributed by atoms with van der Waals surface area (Å²) >= 11 is 1.82. The number of likely N-dealkylation sites (N-methyl/N-ethyl adjacent to an activating group) is 2. The number of halogens is 1. The number of rotatable bonds is 23. The number of esters is 3. The molecule has 0 spiro atoms. The Morgan fingerprint density at radius 3 is 2.12 bits per heavy atom. The first-order valence-electron chi connectivity index (χ1n) is 32.9. The van der Waals surface area contributed by atoms with E-state index in [2.05, 4.69) is 34.5 Å². The molecule has 516 valence electrons. The van der Waals surface area contributed by atoms with Crippen LogP contribution in [0.2, 0.25) is 0 Å². The molecule has 18 atom stereocenters. The predicted octanol–water partition coefficient (Wildman–Crippen LogP) is 7.46. The molecular formula is C70H102IN5O17. The third-order valence-electron chi connectivity index (χ3n) is 19.2. The van der Waals surface area contributed by atoms with Crippen LogP contribution in [-0.2, 0) is 65.3 Å². The van der Waals surface area contributed by atoms with Crippen molar-refractivity contribution in [2.75, 3.05) is 73.0 Å². The number of pyridine rings is 1. The van der Waals surface area contributed by atoms with Gasteiger partial charge >= 0.3 is 17.9 Å². The molecule has 1 aromatic heterocycles. The number of fused-ring (bicyclic) bond motifs is 1. The number of aliphatic hydroxyl groups excluding tert-OH is 2. The molecule has 8 rings (SSSR count). The van der Waals surface area contributed by atoms with Crippen LogP contribution in [-0.4, -0.2) is 214 Å². The van der Waals surface area contributed by atoms with Crippen LogP contribution in [0.1, 0.15) is 128 Å². The first-order chi connectivity index (χ1) is 44.0. The summed E-state index contributed by atoms with van der Waals surface area (Å²) in [6.45, 7) is 18.5. The first-order valence-corrected chi connectivity index (χ1v) is 34.1. The van der Waals surface area contributed by atoms with Crippen LogP contribution in [0.5, 0.6) is 0 Å². The lowest BCUT2D eigenvalue weighted by Crippen LogP contribution is -2.61. The van der Waals surface area contributed by atoms with Gasteiger partial charge in [0.1, 0.15) is 35.6 Å². The Kier molecular flexibility index (Phi) is 25.9. The Balaban J connectivity index is 0.895. The molecule has 4 heterocycles. The molecule has 1 saturated carbocycles. The number of ether oxygens (including phenoxy) is 9. The summed E-state index contributed by atoms with van der Waals surface area (Å²) in [7, 11) is 7.06. The summed E-state index contributed by atoms with van der Waals surface area (Å²) in [6, 6.07) is 25.0. The number of alkyl halides is 1. The van der Waals surface area contributed by atoms with E-state index in [1.807, 2.05) is 120 Å². The second-order valence-corrected chi connectivity index (χ2v) is 28.5. The van der Waals surface area contributed by atoms with Crippen LogP contribution in [0.4, 0.5) is 5.69 Å².